The van der Waals surface area contributed by atoms with Crippen molar-refractivity contribution in [3.8, 4) is 0 Å². The normalized spacial score (nSPS) is 23.1. The number of hydrogen-bond donors (Lipinski definition) is 1. The quantitative estimate of drug-likeness (QED) is 0.764. The van der Waals surface area contributed by atoms with E-state index < -0.39 is 5.41 Å². The van der Waals surface area contributed by atoms with Gasteiger partial charge in [0.1, 0.15) is 17.5 Å². The van der Waals surface area contributed by atoms with E-state index >= 15 is 0 Å². The number of anilines is 1. The highest BCUT2D eigenvalue weighted by atomic mass is 19.1. The second kappa shape index (κ2) is 9.14. The minimum Gasteiger partial charge on any atom is -0.381 e. The Balaban J connectivity index is 1.60. The summed E-state index contributed by atoms with van der Waals surface area (Å²) in [6, 6.07) is 8.54. The van der Waals surface area contributed by atoms with Gasteiger partial charge >= 0.3 is 0 Å². The summed E-state index contributed by atoms with van der Waals surface area (Å²) in [6.45, 7) is 6.65. The van der Waals surface area contributed by atoms with Crippen LogP contribution in [0.3, 0.4) is 0 Å². The van der Waals surface area contributed by atoms with Crippen LogP contribution in [-0.4, -0.2) is 54.1 Å². The molecule has 1 unspecified atom stereocenters. The van der Waals surface area contributed by atoms with Crippen molar-refractivity contribution in [2.75, 3.05) is 38.7 Å². The molecule has 1 N–H and O–H groups in total. The van der Waals surface area contributed by atoms with Crippen molar-refractivity contribution in [1.29, 1.82) is 0 Å². The molecule has 2 fully saturated rings. The van der Waals surface area contributed by atoms with Crippen molar-refractivity contribution in [3.05, 3.63) is 53.2 Å². The van der Waals surface area contributed by atoms with Crippen LogP contribution < -0.4 is 5.32 Å². The zero-order valence-electron chi connectivity index (χ0n) is 19.3. The highest BCUT2D eigenvalue weighted by molar-refractivity contribution is 5.83. The minimum atomic E-state index is -0.508. The van der Waals surface area contributed by atoms with Gasteiger partial charge in [0.05, 0.1) is 11.1 Å². The average Bonchev–Trinajstić information content (AvgIpc) is 2.80. The Morgan fingerprint density at radius 1 is 1.19 bits per heavy atom. The third-order valence-corrected chi connectivity index (χ3v) is 7.06. The van der Waals surface area contributed by atoms with Crippen LogP contribution in [0.4, 0.5) is 10.2 Å². The fraction of sp³-hybridized carbons (Fsp3) is 0.560. The van der Waals surface area contributed by atoms with Gasteiger partial charge in [-0.1, -0.05) is 19.1 Å². The number of nitrogens with one attached hydrogen (secondary N) is 1. The molecule has 1 aromatic heterocycles. The predicted molar refractivity (Wildman–Crippen MR) is 122 cm³/mol. The van der Waals surface area contributed by atoms with Crippen LogP contribution in [0.25, 0.3) is 0 Å². The SMILES string of the molecule is CNc1cc(C2(C)CCCN(C(=O)C3(Cc4ccc(F)cc4)CCOCC3)C2)nc(C)n1. The zero-order valence-corrected chi connectivity index (χ0v) is 19.3. The van der Waals surface area contributed by atoms with Crippen molar-refractivity contribution in [3.63, 3.8) is 0 Å². The van der Waals surface area contributed by atoms with Gasteiger partial charge in [0.2, 0.25) is 5.91 Å². The van der Waals surface area contributed by atoms with Crippen LogP contribution >= 0.6 is 0 Å². The van der Waals surface area contributed by atoms with Crippen LogP contribution in [0.1, 0.15) is 49.7 Å². The molecule has 4 rings (SSSR count). The van der Waals surface area contributed by atoms with Gasteiger partial charge < -0.3 is 15.0 Å². The summed E-state index contributed by atoms with van der Waals surface area (Å²) in [5, 5.41) is 3.12. The van der Waals surface area contributed by atoms with Gasteiger partial charge in [-0.3, -0.25) is 4.79 Å². The Bertz CT molecular complexity index is 959. The van der Waals surface area contributed by atoms with Gasteiger partial charge in [-0.2, -0.15) is 0 Å². The standard InChI is InChI=1S/C25H33FN4O2/c1-18-28-21(15-22(27-3)29-18)24(2)9-4-12-30(17-24)23(31)25(10-13-32-14-11-25)16-19-5-7-20(26)8-6-19/h5-8,15H,4,9-14,16-17H2,1-3H3,(H,27,28,29). The van der Waals surface area contributed by atoms with E-state index in [2.05, 4.69) is 17.2 Å². The van der Waals surface area contributed by atoms with E-state index in [1.54, 1.807) is 12.1 Å². The van der Waals surface area contributed by atoms with Crippen LogP contribution in [0.5, 0.6) is 0 Å². The van der Waals surface area contributed by atoms with Gasteiger partial charge in [0, 0.05) is 44.8 Å². The maximum atomic E-state index is 14.0. The lowest BCUT2D eigenvalue weighted by Crippen LogP contribution is -2.54. The molecule has 6 nitrogen and oxygen atoms in total. The number of carbonyl (C=O) groups excluding carboxylic acids is 1. The zero-order chi connectivity index (χ0) is 22.8. The van der Waals surface area contributed by atoms with Crippen LogP contribution in [-0.2, 0) is 21.4 Å². The van der Waals surface area contributed by atoms with Crippen LogP contribution in [0.15, 0.2) is 30.3 Å². The number of rotatable bonds is 5. The third kappa shape index (κ3) is 4.63. The maximum absolute atomic E-state index is 14.0. The Morgan fingerprint density at radius 3 is 2.59 bits per heavy atom. The molecular formula is C25H33FN4O2. The summed E-state index contributed by atoms with van der Waals surface area (Å²) < 4.78 is 19.0. The third-order valence-electron chi connectivity index (χ3n) is 7.06. The van der Waals surface area contributed by atoms with Crippen LogP contribution in [0.2, 0.25) is 0 Å². The summed E-state index contributed by atoms with van der Waals surface area (Å²) in [6.07, 6.45) is 3.90. The molecule has 0 spiro atoms. The molecule has 2 aromatic rings. The first-order valence-electron chi connectivity index (χ1n) is 11.5. The number of amides is 1. The van der Waals surface area contributed by atoms with E-state index in [9.17, 15) is 9.18 Å². The number of ether oxygens (including phenoxy) is 1. The number of nitrogens with zero attached hydrogens (tertiary/aromatic N) is 3. The molecule has 0 radical (unpaired) electrons. The Labute approximate surface area is 189 Å². The largest absolute Gasteiger partial charge is 0.381 e. The first-order valence-corrected chi connectivity index (χ1v) is 11.5. The number of aromatic nitrogens is 2. The topological polar surface area (TPSA) is 67.4 Å². The monoisotopic (exact) mass is 440 g/mol. The van der Waals surface area contributed by atoms with Crippen molar-refractivity contribution >= 4 is 11.7 Å². The van der Waals surface area contributed by atoms with E-state index in [-0.39, 0.29) is 17.1 Å². The Hall–Kier alpha value is -2.54. The van der Waals surface area contributed by atoms with Crippen molar-refractivity contribution in [2.24, 2.45) is 5.41 Å². The molecule has 172 valence electrons. The van der Waals surface area contributed by atoms with E-state index in [0.717, 1.165) is 42.3 Å². The summed E-state index contributed by atoms with van der Waals surface area (Å²) in [5.74, 6) is 1.47. The van der Waals surface area contributed by atoms with Gasteiger partial charge in [0.25, 0.3) is 0 Å². The summed E-state index contributed by atoms with van der Waals surface area (Å²) in [4.78, 5) is 25.2. The van der Waals surface area contributed by atoms with Gasteiger partial charge in [0.15, 0.2) is 0 Å². The molecule has 1 atom stereocenters. The van der Waals surface area contributed by atoms with Crippen molar-refractivity contribution in [2.45, 2.75) is 51.4 Å². The number of likely N-dealkylation sites (tertiary alicyclic amines) is 1. The van der Waals surface area contributed by atoms with Gasteiger partial charge in [-0.15, -0.1) is 0 Å². The van der Waals surface area contributed by atoms with Crippen LogP contribution in [0, 0.1) is 18.2 Å². The number of aryl methyl sites for hydroxylation is 1. The Kier molecular flexibility index (Phi) is 6.47. The number of benzene rings is 1. The number of piperidine rings is 1. The number of carbonyl (C=O) groups is 1. The molecule has 2 saturated heterocycles. The fourth-order valence-corrected chi connectivity index (χ4v) is 5.18. The second-order valence-corrected chi connectivity index (χ2v) is 9.52. The van der Waals surface area contributed by atoms with Crippen molar-refractivity contribution < 1.29 is 13.9 Å². The molecule has 0 aliphatic carbocycles. The molecule has 0 saturated carbocycles. The van der Waals surface area contributed by atoms with Gasteiger partial charge in [-0.25, -0.2) is 14.4 Å². The van der Waals surface area contributed by atoms with E-state index in [0.29, 0.717) is 39.0 Å². The van der Waals surface area contributed by atoms with E-state index in [1.165, 1.54) is 12.1 Å². The first kappa shape index (κ1) is 22.6. The molecule has 2 aliphatic rings. The van der Waals surface area contributed by atoms with Crippen molar-refractivity contribution in [1.82, 2.24) is 14.9 Å². The molecular weight excluding hydrogens is 407 g/mol. The summed E-state index contributed by atoms with van der Waals surface area (Å²) >= 11 is 0. The smallest absolute Gasteiger partial charge is 0.229 e. The summed E-state index contributed by atoms with van der Waals surface area (Å²) in [5.41, 5.74) is 1.24. The highest BCUT2D eigenvalue weighted by Crippen LogP contribution is 2.40. The lowest BCUT2D eigenvalue weighted by molar-refractivity contribution is -0.150. The highest BCUT2D eigenvalue weighted by Gasteiger charge is 2.45. The molecule has 2 aliphatic heterocycles. The molecule has 32 heavy (non-hydrogen) atoms. The lowest BCUT2D eigenvalue weighted by atomic mass is 9.72. The molecule has 1 amide bonds. The first-order chi connectivity index (χ1) is 15.3. The van der Waals surface area contributed by atoms with Gasteiger partial charge in [-0.05, 0) is 56.7 Å². The molecule has 3 heterocycles. The molecule has 0 bridgehead atoms. The number of halogens is 1. The predicted octanol–water partition coefficient (Wildman–Crippen LogP) is 3.89. The Morgan fingerprint density at radius 2 is 1.91 bits per heavy atom. The maximum Gasteiger partial charge on any atom is 0.229 e. The van der Waals surface area contributed by atoms with E-state index in [1.807, 2.05) is 24.9 Å². The summed E-state index contributed by atoms with van der Waals surface area (Å²) in [7, 11) is 1.86. The number of hydrogen-bond acceptors (Lipinski definition) is 5. The lowest BCUT2D eigenvalue weighted by Gasteiger charge is -2.45. The fourth-order valence-electron chi connectivity index (χ4n) is 5.18. The minimum absolute atomic E-state index is 0.190. The van der Waals surface area contributed by atoms with E-state index in [4.69, 9.17) is 9.72 Å². The molecule has 1 aromatic carbocycles. The second-order valence-electron chi connectivity index (χ2n) is 9.52. The average molecular weight is 441 g/mol. The molecule has 7 heteroatoms.